The first-order valence-electron chi connectivity index (χ1n) is 7.62. The summed E-state index contributed by atoms with van der Waals surface area (Å²) < 4.78 is 6.09. The average Bonchev–Trinajstić information content (AvgIpc) is 2.46. The van der Waals surface area contributed by atoms with Crippen LogP contribution in [0.15, 0.2) is 24.3 Å². The molecule has 1 fully saturated rings. The molecule has 20 heavy (non-hydrogen) atoms. The van der Waals surface area contributed by atoms with Crippen LogP contribution >= 0.6 is 0 Å². The first-order valence-corrected chi connectivity index (χ1v) is 7.62. The number of hydrogen-bond donors (Lipinski definition) is 0. The minimum absolute atomic E-state index is 0.0913. The van der Waals surface area contributed by atoms with Gasteiger partial charge in [-0.1, -0.05) is 13.8 Å². The second-order valence-electron chi connectivity index (χ2n) is 5.78. The van der Waals surface area contributed by atoms with Crippen molar-refractivity contribution in [3.8, 4) is 5.75 Å². The molecule has 3 nitrogen and oxygen atoms in total. The van der Waals surface area contributed by atoms with Crippen LogP contribution in [-0.2, 0) is 0 Å². The van der Waals surface area contributed by atoms with Crippen molar-refractivity contribution in [3.05, 3.63) is 29.8 Å². The van der Waals surface area contributed by atoms with Crippen LogP contribution < -0.4 is 4.74 Å². The quantitative estimate of drug-likeness (QED) is 0.767. The van der Waals surface area contributed by atoms with Gasteiger partial charge in [0.2, 0.25) is 0 Å². The standard InChI is InChI=1S/C17H25NO2/c1-4-17(18-11-9-13(2)10-12-18)20-16-7-5-15(6-8-16)14(3)19/h5-8,13,17H,4,9-12H2,1-3H3. The lowest BCUT2D eigenvalue weighted by atomic mass is 9.99. The van der Waals surface area contributed by atoms with Crippen LogP contribution in [0, 0.1) is 5.92 Å². The normalized spacial score (nSPS) is 18.8. The molecule has 0 amide bonds. The summed E-state index contributed by atoms with van der Waals surface area (Å²) in [6.45, 7) is 8.29. The lowest BCUT2D eigenvalue weighted by Gasteiger charge is -2.36. The van der Waals surface area contributed by atoms with E-state index in [1.807, 2.05) is 24.3 Å². The van der Waals surface area contributed by atoms with Crippen LogP contribution in [-0.4, -0.2) is 30.0 Å². The number of hydrogen-bond acceptors (Lipinski definition) is 3. The highest BCUT2D eigenvalue weighted by atomic mass is 16.5. The van der Waals surface area contributed by atoms with E-state index in [1.54, 1.807) is 6.92 Å². The largest absolute Gasteiger partial charge is 0.475 e. The number of nitrogens with zero attached hydrogens (tertiary/aromatic N) is 1. The molecular weight excluding hydrogens is 250 g/mol. The third kappa shape index (κ3) is 3.83. The first-order chi connectivity index (χ1) is 9.60. The molecule has 1 atom stereocenters. The zero-order valence-electron chi connectivity index (χ0n) is 12.8. The lowest BCUT2D eigenvalue weighted by molar-refractivity contribution is 0.00148. The van der Waals surface area contributed by atoms with Crippen LogP contribution in [0.25, 0.3) is 0 Å². The summed E-state index contributed by atoms with van der Waals surface area (Å²) in [4.78, 5) is 13.7. The van der Waals surface area contributed by atoms with Gasteiger partial charge in [-0.2, -0.15) is 0 Å². The summed E-state index contributed by atoms with van der Waals surface area (Å²) in [6, 6.07) is 7.46. The van der Waals surface area contributed by atoms with E-state index >= 15 is 0 Å². The van der Waals surface area contributed by atoms with E-state index in [2.05, 4.69) is 18.7 Å². The van der Waals surface area contributed by atoms with E-state index in [4.69, 9.17) is 4.74 Å². The van der Waals surface area contributed by atoms with Crippen LogP contribution in [0.3, 0.4) is 0 Å². The van der Waals surface area contributed by atoms with Crippen molar-refractivity contribution in [1.82, 2.24) is 4.90 Å². The number of carbonyl (C=O) groups is 1. The Kier molecular flexibility index (Phi) is 5.18. The Morgan fingerprint density at radius 3 is 2.40 bits per heavy atom. The monoisotopic (exact) mass is 275 g/mol. The van der Waals surface area contributed by atoms with E-state index in [0.29, 0.717) is 0 Å². The SMILES string of the molecule is CCC(Oc1ccc(C(C)=O)cc1)N1CCC(C)CC1. The number of benzene rings is 1. The van der Waals surface area contributed by atoms with Crippen LogP contribution in [0.2, 0.25) is 0 Å². The van der Waals surface area contributed by atoms with Crippen molar-refractivity contribution >= 4 is 5.78 Å². The lowest BCUT2D eigenvalue weighted by Crippen LogP contribution is -2.43. The number of carbonyl (C=O) groups excluding carboxylic acids is 1. The molecule has 0 N–H and O–H groups in total. The Bertz CT molecular complexity index is 433. The minimum Gasteiger partial charge on any atom is -0.475 e. The van der Waals surface area contributed by atoms with Gasteiger partial charge in [0.1, 0.15) is 5.75 Å². The Morgan fingerprint density at radius 1 is 1.30 bits per heavy atom. The Labute approximate surface area is 121 Å². The zero-order chi connectivity index (χ0) is 14.5. The molecule has 1 aliphatic rings. The van der Waals surface area contributed by atoms with E-state index in [1.165, 1.54) is 12.8 Å². The highest BCUT2D eigenvalue weighted by Gasteiger charge is 2.23. The molecule has 0 bridgehead atoms. The van der Waals surface area contributed by atoms with E-state index < -0.39 is 0 Å². The maximum Gasteiger partial charge on any atom is 0.159 e. The second-order valence-corrected chi connectivity index (χ2v) is 5.78. The van der Waals surface area contributed by atoms with E-state index in [0.717, 1.165) is 36.7 Å². The fourth-order valence-corrected chi connectivity index (χ4v) is 2.66. The van der Waals surface area contributed by atoms with Crippen molar-refractivity contribution in [2.75, 3.05) is 13.1 Å². The summed E-state index contributed by atoms with van der Waals surface area (Å²) in [5.74, 6) is 1.77. The number of Topliss-reactive ketones (excluding diaryl/α,β-unsaturated/α-hetero) is 1. The Hall–Kier alpha value is -1.35. The van der Waals surface area contributed by atoms with Crippen molar-refractivity contribution in [2.24, 2.45) is 5.92 Å². The molecule has 0 spiro atoms. The molecule has 1 unspecified atom stereocenters. The fraction of sp³-hybridized carbons (Fsp3) is 0.588. The maximum atomic E-state index is 11.3. The Morgan fingerprint density at radius 2 is 1.90 bits per heavy atom. The van der Waals surface area contributed by atoms with Crippen molar-refractivity contribution in [3.63, 3.8) is 0 Å². The van der Waals surface area contributed by atoms with Gasteiger partial charge in [0, 0.05) is 18.7 Å². The zero-order valence-corrected chi connectivity index (χ0v) is 12.8. The molecule has 0 aromatic heterocycles. The first kappa shape index (κ1) is 15.0. The molecular formula is C17H25NO2. The molecule has 110 valence electrons. The van der Waals surface area contributed by atoms with Gasteiger partial charge in [0.15, 0.2) is 12.0 Å². The average molecular weight is 275 g/mol. The molecule has 1 aromatic rings. The summed E-state index contributed by atoms with van der Waals surface area (Å²) in [6.07, 6.45) is 3.63. The van der Waals surface area contributed by atoms with Crippen molar-refractivity contribution in [2.45, 2.75) is 46.3 Å². The molecule has 1 aromatic carbocycles. The second kappa shape index (κ2) is 6.89. The van der Waals surface area contributed by atoms with Gasteiger partial charge in [0.05, 0.1) is 0 Å². The molecule has 1 saturated heterocycles. The summed E-state index contributed by atoms with van der Waals surface area (Å²) in [5, 5.41) is 0. The van der Waals surface area contributed by atoms with Gasteiger partial charge in [0.25, 0.3) is 0 Å². The van der Waals surface area contributed by atoms with Gasteiger partial charge < -0.3 is 4.74 Å². The number of likely N-dealkylation sites (tertiary alicyclic amines) is 1. The van der Waals surface area contributed by atoms with Crippen molar-refractivity contribution < 1.29 is 9.53 Å². The summed E-state index contributed by atoms with van der Waals surface area (Å²) in [7, 11) is 0. The van der Waals surface area contributed by atoms with Crippen molar-refractivity contribution in [1.29, 1.82) is 0 Å². The van der Waals surface area contributed by atoms with Crippen LogP contribution in [0.4, 0.5) is 0 Å². The van der Waals surface area contributed by atoms with Crippen LogP contribution in [0.1, 0.15) is 50.4 Å². The predicted molar refractivity (Wildman–Crippen MR) is 81.1 cm³/mol. The maximum absolute atomic E-state index is 11.3. The number of ether oxygens (including phenoxy) is 1. The molecule has 3 heteroatoms. The third-order valence-electron chi connectivity index (χ3n) is 4.11. The predicted octanol–water partition coefficient (Wildman–Crippen LogP) is 3.74. The van der Waals surface area contributed by atoms with Gasteiger partial charge >= 0.3 is 0 Å². The van der Waals surface area contributed by atoms with Gasteiger partial charge in [-0.05, 0) is 56.4 Å². The molecule has 1 heterocycles. The number of rotatable bonds is 5. The molecule has 0 aliphatic carbocycles. The summed E-state index contributed by atoms with van der Waals surface area (Å²) >= 11 is 0. The highest BCUT2D eigenvalue weighted by molar-refractivity contribution is 5.94. The summed E-state index contributed by atoms with van der Waals surface area (Å²) in [5.41, 5.74) is 0.734. The van der Waals surface area contributed by atoms with E-state index in [-0.39, 0.29) is 12.0 Å². The smallest absolute Gasteiger partial charge is 0.159 e. The molecule has 1 aliphatic heterocycles. The number of piperidine rings is 1. The fourth-order valence-electron chi connectivity index (χ4n) is 2.66. The van der Waals surface area contributed by atoms with Gasteiger partial charge in [-0.25, -0.2) is 0 Å². The molecule has 0 saturated carbocycles. The minimum atomic E-state index is 0.0913. The topological polar surface area (TPSA) is 29.5 Å². The molecule has 0 radical (unpaired) electrons. The third-order valence-corrected chi connectivity index (χ3v) is 4.11. The molecule has 2 rings (SSSR count). The van der Waals surface area contributed by atoms with Gasteiger partial charge in [-0.3, -0.25) is 9.69 Å². The van der Waals surface area contributed by atoms with Crippen LogP contribution in [0.5, 0.6) is 5.75 Å². The van der Waals surface area contributed by atoms with E-state index in [9.17, 15) is 4.79 Å². The van der Waals surface area contributed by atoms with Gasteiger partial charge in [-0.15, -0.1) is 0 Å². The highest BCUT2D eigenvalue weighted by Crippen LogP contribution is 2.22. The number of ketones is 1. The Balaban J connectivity index is 1.97.